The zero-order valence-corrected chi connectivity index (χ0v) is 10.3. The van der Waals surface area contributed by atoms with E-state index < -0.39 is 6.09 Å². The van der Waals surface area contributed by atoms with Gasteiger partial charge in [0.05, 0.1) is 12.1 Å². The molecule has 1 rings (SSSR count). The Bertz CT molecular complexity index is 275. The Balaban J connectivity index is 2.64. The zero-order valence-electron chi connectivity index (χ0n) is 10.3. The summed E-state index contributed by atoms with van der Waals surface area (Å²) >= 11 is 0. The predicted molar refractivity (Wildman–Crippen MR) is 61.2 cm³/mol. The van der Waals surface area contributed by atoms with Crippen molar-refractivity contribution in [2.45, 2.75) is 52.0 Å². The second-order valence-corrected chi connectivity index (χ2v) is 4.94. The molecule has 0 aliphatic heterocycles. The summed E-state index contributed by atoms with van der Waals surface area (Å²) in [5, 5.41) is 2.87. The van der Waals surface area contributed by atoms with Crippen molar-refractivity contribution in [2.75, 3.05) is 6.61 Å². The maximum absolute atomic E-state index is 11.4. The van der Waals surface area contributed by atoms with E-state index in [2.05, 4.69) is 19.2 Å². The first-order chi connectivity index (χ1) is 7.47. The van der Waals surface area contributed by atoms with Gasteiger partial charge >= 0.3 is 6.09 Å². The maximum atomic E-state index is 11.4. The van der Waals surface area contributed by atoms with Crippen LogP contribution in [-0.4, -0.2) is 24.0 Å². The molecule has 0 radical (unpaired) electrons. The van der Waals surface area contributed by atoms with Gasteiger partial charge in [-0.1, -0.05) is 13.8 Å². The fourth-order valence-corrected chi connectivity index (χ4v) is 2.43. The highest BCUT2D eigenvalue weighted by Gasteiger charge is 2.40. The molecular weight excluding hydrogens is 206 g/mol. The van der Waals surface area contributed by atoms with E-state index >= 15 is 0 Å². The number of nitrogens with one attached hydrogen (secondary N) is 1. The molecule has 1 fully saturated rings. The van der Waals surface area contributed by atoms with Crippen LogP contribution in [-0.2, 0) is 9.53 Å². The van der Waals surface area contributed by atoms with Crippen molar-refractivity contribution in [3.05, 3.63) is 0 Å². The Kier molecular flexibility index (Phi) is 4.33. The summed E-state index contributed by atoms with van der Waals surface area (Å²) in [6.45, 7) is 6.32. The smallest absolute Gasteiger partial charge is 0.407 e. The van der Waals surface area contributed by atoms with Crippen LogP contribution in [0.2, 0.25) is 0 Å². The fourth-order valence-electron chi connectivity index (χ4n) is 2.43. The van der Waals surface area contributed by atoms with Crippen molar-refractivity contribution < 1.29 is 14.3 Å². The minimum atomic E-state index is -0.405. The van der Waals surface area contributed by atoms with E-state index in [1.54, 1.807) is 6.92 Å². The molecule has 92 valence electrons. The molecule has 1 N–H and O–H groups in total. The van der Waals surface area contributed by atoms with Crippen LogP contribution in [0.25, 0.3) is 0 Å². The van der Waals surface area contributed by atoms with Crippen molar-refractivity contribution in [2.24, 2.45) is 5.92 Å². The molecule has 4 nitrogen and oxygen atoms in total. The number of ketones is 1. The highest BCUT2D eigenvalue weighted by molar-refractivity contribution is 5.83. The predicted octanol–water partition coefficient (Wildman–Crippen LogP) is 2.27. The van der Waals surface area contributed by atoms with Crippen LogP contribution in [0.1, 0.15) is 46.5 Å². The van der Waals surface area contributed by atoms with Crippen molar-refractivity contribution in [1.29, 1.82) is 0 Å². The minimum Gasteiger partial charge on any atom is -0.450 e. The molecule has 4 heteroatoms. The summed E-state index contributed by atoms with van der Waals surface area (Å²) in [6, 6.07) is 0. The van der Waals surface area contributed by atoms with Gasteiger partial charge in [0.2, 0.25) is 0 Å². The quantitative estimate of drug-likeness (QED) is 0.801. The molecule has 1 saturated carbocycles. The van der Waals surface area contributed by atoms with Crippen LogP contribution in [0, 0.1) is 5.92 Å². The van der Waals surface area contributed by atoms with Gasteiger partial charge < -0.3 is 10.1 Å². The number of ether oxygens (including phenoxy) is 1. The molecule has 0 spiro atoms. The second kappa shape index (κ2) is 5.32. The molecule has 1 amide bonds. The number of amides is 1. The first kappa shape index (κ1) is 13.0. The van der Waals surface area contributed by atoms with Gasteiger partial charge in [-0.2, -0.15) is 0 Å². The maximum Gasteiger partial charge on any atom is 0.407 e. The van der Waals surface area contributed by atoms with Gasteiger partial charge in [-0.3, -0.25) is 4.79 Å². The lowest BCUT2D eigenvalue weighted by Crippen LogP contribution is -2.47. The second-order valence-electron chi connectivity index (χ2n) is 4.94. The molecule has 0 aromatic carbocycles. The van der Waals surface area contributed by atoms with Gasteiger partial charge in [0.25, 0.3) is 0 Å². The largest absolute Gasteiger partial charge is 0.450 e. The Labute approximate surface area is 96.7 Å². The normalized spacial score (nSPS) is 24.9. The van der Waals surface area contributed by atoms with E-state index in [4.69, 9.17) is 4.74 Å². The topological polar surface area (TPSA) is 55.4 Å². The lowest BCUT2D eigenvalue weighted by Gasteiger charge is -2.30. The monoisotopic (exact) mass is 227 g/mol. The van der Waals surface area contributed by atoms with E-state index in [1.807, 2.05) is 0 Å². The number of carbonyl (C=O) groups excluding carboxylic acids is 2. The average Bonchev–Trinajstić information content (AvgIpc) is 2.46. The van der Waals surface area contributed by atoms with Crippen LogP contribution in [0.3, 0.4) is 0 Å². The first-order valence-corrected chi connectivity index (χ1v) is 5.94. The Hall–Kier alpha value is -1.06. The van der Waals surface area contributed by atoms with Crippen LogP contribution in [0.5, 0.6) is 0 Å². The van der Waals surface area contributed by atoms with E-state index in [0.717, 1.165) is 12.8 Å². The molecule has 0 bridgehead atoms. The van der Waals surface area contributed by atoms with Crippen LogP contribution in [0.15, 0.2) is 0 Å². The third-order valence-corrected chi connectivity index (χ3v) is 2.86. The molecule has 0 saturated heterocycles. The molecule has 0 aromatic heterocycles. The highest BCUT2D eigenvalue weighted by Crippen LogP contribution is 2.33. The van der Waals surface area contributed by atoms with Crippen molar-refractivity contribution in [3.63, 3.8) is 0 Å². The number of hydrogen-bond donors (Lipinski definition) is 1. The fraction of sp³-hybridized carbons (Fsp3) is 0.833. The summed E-state index contributed by atoms with van der Waals surface area (Å²) in [4.78, 5) is 22.8. The molecule has 0 heterocycles. The Morgan fingerprint density at radius 3 is 2.69 bits per heavy atom. The molecule has 1 unspecified atom stereocenters. The lowest BCUT2D eigenvalue weighted by atomic mass is 9.87. The molecule has 1 aliphatic rings. The summed E-state index contributed by atoms with van der Waals surface area (Å²) in [7, 11) is 0. The van der Waals surface area contributed by atoms with Gasteiger partial charge in [0.15, 0.2) is 0 Å². The van der Waals surface area contributed by atoms with Gasteiger partial charge in [0.1, 0.15) is 5.78 Å². The summed E-state index contributed by atoms with van der Waals surface area (Å²) < 4.78 is 4.88. The van der Waals surface area contributed by atoms with Crippen molar-refractivity contribution >= 4 is 11.9 Å². The van der Waals surface area contributed by atoms with E-state index in [1.165, 1.54) is 0 Å². The van der Waals surface area contributed by atoms with Gasteiger partial charge in [-0.05, 0) is 25.7 Å². The number of alkyl carbamates (subject to hydrolysis) is 1. The van der Waals surface area contributed by atoms with Crippen molar-refractivity contribution in [1.82, 2.24) is 5.32 Å². The van der Waals surface area contributed by atoms with E-state index in [-0.39, 0.29) is 11.3 Å². The van der Waals surface area contributed by atoms with Gasteiger partial charge in [-0.25, -0.2) is 4.79 Å². The first-order valence-electron chi connectivity index (χ1n) is 5.94. The standard InChI is InChI=1S/C12H21NO3/c1-4-16-11(15)13-12(7-9(2)3)6-5-10(14)8-12/h9H,4-8H2,1-3H3,(H,13,15). The molecular formula is C12H21NO3. The van der Waals surface area contributed by atoms with Gasteiger partial charge in [-0.15, -0.1) is 0 Å². The van der Waals surface area contributed by atoms with E-state index in [9.17, 15) is 9.59 Å². The third-order valence-electron chi connectivity index (χ3n) is 2.86. The van der Waals surface area contributed by atoms with E-state index in [0.29, 0.717) is 25.4 Å². The Morgan fingerprint density at radius 2 is 2.25 bits per heavy atom. The Morgan fingerprint density at radius 1 is 1.56 bits per heavy atom. The molecule has 1 aliphatic carbocycles. The number of Topliss-reactive ketones (excluding diaryl/α,β-unsaturated/α-hetero) is 1. The lowest BCUT2D eigenvalue weighted by molar-refractivity contribution is -0.117. The van der Waals surface area contributed by atoms with Crippen LogP contribution >= 0.6 is 0 Å². The number of hydrogen-bond acceptors (Lipinski definition) is 3. The van der Waals surface area contributed by atoms with Crippen LogP contribution in [0.4, 0.5) is 4.79 Å². The highest BCUT2D eigenvalue weighted by atomic mass is 16.5. The van der Waals surface area contributed by atoms with Gasteiger partial charge in [0, 0.05) is 12.8 Å². The molecule has 1 atom stereocenters. The summed E-state index contributed by atoms with van der Waals surface area (Å²) in [5.41, 5.74) is -0.364. The van der Waals surface area contributed by atoms with Crippen LogP contribution < -0.4 is 5.32 Å². The third kappa shape index (κ3) is 3.51. The van der Waals surface area contributed by atoms with Crippen molar-refractivity contribution in [3.8, 4) is 0 Å². The summed E-state index contributed by atoms with van der Waals surface area (Å²) in [6.07, 6.45) is 2.18. The SMILES string of the molecule is CCOC(=O)NC1(CC(C)C)CCC(=O)C1. The summed E-state index contributed by atoms with van der Waals surface area (Å²) in [5.74, 6) is 0.685. The number of carbonyl (C=O) groups is 2. The number of rotatable bonds is 4. The molecule has 0 aromatic rings. The average molecular weight is 227 g/mol. The molecule has 16 heavy (non-hydrogen) atoms. The minimum absolute atomic E-state index is 0.234. The zero-order chi connectivity index (χ0) is 12.2.